The molecule has 4 amide bonds. The van der Waals surface area contributed by atoms with Crippen molar-refractivity contribution in [1.29, 1.82) is 0 Å². The number of fused-ring (bicyclic) bond motifs is 5. The van der Waals surface area contributed by atoms with Crippen molar-refractivity contribution in [2.45, 2.75) is 32.2 Å². The Bertz CT molecular complexity index is 873. The highest BCUT2D eigenvalue weighted by atomic mass is 16.5. The Labute approximate surface area is 173 Å². The number of hydrazine groups is 1. The van der Waals surface area contributed by atoms with E-state index >= 15 is 0 Å². The molecule has 3 fully saturated rings. The van der Waals surface area contributed by atoms with Crippen molar-refractivity contribution in [3.8, 4) is 0 Å². The number of hydrogen-bond acceptors (Lipinski definition) is 6. The average Bonchev–Trinajstić information content (AvgIpc) is 3.44. The molecule has 1 aromatic rings. The smallest absolute Gasteiger partial charge is 0.329 e. The Morgan fingerprint density at radius 2 is 1.63 bits per heavy atom. The highest BCUT2D eigenvalue weighted by Crippen LogP contribution is 2.56. The van der Waals surface area contributed by atoms with Crippen LogP contribution in [-0.2, 0) is 23.9 Å². The molecular weight excluding hydrogens is 390 g/mol. The predicted octanol–water partition coefficient (Wildman–Crippen LogP) is 0.410. The van der Waals surface area contributed by atoms with Gasteiger partial charge in [-0.15, -0.1) is 0 Å². The van der Waals surface area contributed by atoms with Gasteiger partial charge in [0.1, 0.15) is 6.04 Å². The summed E-state index contributed by atoms with van der Waals surface area (Å²) in [6.07, 6.45) is 2.81. The normalized spacial score (nSPS) is 27.6. The van der Waals surface area contributed by atoms with Crippen LogP contribution in [0.2, 0.25) is 0 Å². The van der Waals surface area contributed by atoms with Crippen LogP contribution in [0.3, 0.4) is 0 Å². The Balaban J connectivity index is 1.27. The number of ether oxygens (including phenoxy) is 1. The third-order valence-corrected chi connectivity index (χ3v) is 6.39. The van der Waals surface area contributed by atoms with Crippen molar-refractivity contribution >= 4 is 29.6 Å². The maximum absolute atomic E-state index is 12.8. The van der Waals surface area contributed by atoms with Crippen LogP contribution < -0.4 is 10.9 Å². The van der Waals surface area contributed by atoms with E-state index in [4.69, 9.17) is 4.74 Å². The Kier molecular flexibility index (Phi) is 5.27. The van der Waals surface area contributed by atoms with Crippen molar-refractivity contribution in [1.82, 2.24) is 15.8 Å². The first kappa shape index (κ1) is 20.1. The number of nitrogens with zero attached hydrogens (tertiary/aromatic N) is 1. The van der Waals surface area contributed by atoms with Crippen LogP contribution in [0.15, 0.2) is 30.3 Å². The predicted molar refractivity (Wildman–Crippen MR) is 102 cm³/mol. The second kappa shape index (κ2) is 7.89. The Morgan fingerprint density at radius 3 is 2.23 bits per heavy atom. The van der Waals surface area contributed by atoms with Gasteiger partial charge in [0.15, 0.2) is 6.61 Å². The van der Waals surface area contributed by atoms with Crippen molar-refractivity contribution in [3.05, 3.63) is 35.9 Å². The molecule has 9 heteroatoms. The third kappa shape index (κ3) is 3.44. The molecular formula is C21H23N3O6. The lowest BCUT2D eigenvalue weighted by Gasteiger charge is -2.23. The van der Waals surface area contributed by atoms with E-state index in [-0.39, 0.29) is 35.5 Å². The minimum Gasteiger partial charge on any atom is -0.454 e. The lowest BCUT2D eigenvalue weighted by atomic mass is 9.81. The summed E-state index contributed by atoms with van der Waals surface area (Å²) in [7, 11) is 0. The number of imide groups is 1. The molecule has 0 aromatic heterocycles. The summed E-state index contributed by atoms with van der Waals surface area (Å²) >= 11 is 0. The fourth-order valence-corrected chi connectivity index (χ4v) is 5.00. The monoisotopic (exact) mass is 413 g/mol. The van der Waals surface area contributed by atoms with Gasteiger partial charge in [0.05, 0.1) is 11.8 Å². The molecule has 0 unspecified atom stereocenters. The molecule has 4 rings (SSSR count). The molecule has 3 aliphatic rings. The molecule has 5 atom stereocenters. The molecule has 158 valence electrons. The molecule has 30 heavy (non-hydrogen) atoms. The highest BCUT2D eigenvalue weighted by molar-refractivity contribution is 6.08. The lowest BCUT2D eigenvalue weighted by molar-refractivity contribution is -0.160. The third-order valence-electron chi connectivity index (χ3n) is 6.39. The first-order valence-corrected chi connectivity index (χ1v) is 10.1. The fourth-order valence-electron chi connectivity index (χ4n) is 5.00. The molecule has 0 radical (unpaired) electrons. The summed E-state index contributed by atoms with van der Waals surface area (Å²) in [5, 5.41) is 0. The molecule has 1 saturated heterocycles. The summed E-state index contributed by atoms with van der Waals surface area (Å²) in [6.45, 7) is 0.780. The SMILES string of the molecule is C[C@H](C(=O)OCC(=O)NNC(=O)c1ccccc1)N1C(=O)[C@@H]2[C@H]3CC[C@@H](C3)[C@@H]2C1=O. The molecule has 2 aliphatic carbocycles. The van der Waals surface area contributed by atoms with Crippen molar-refractivity contribution in [2.75, 3.05) is 6.61 Å². The number of benzene rings is 1. The second-order valence-electron chi connectivity index (χ2n) is 8.08. The van der Waals surface area contributed by atoms with Crippen LogP contribution in [0, 0.1) is 23.7 Å². The Hall–Kier alpha value is -3.23. The van der Waals surface area contributed by atoms with E-state index in [0.717, 1.165) is 24.2 Å². The molecule has 2 saturated carbocycles. The summed E-state index contributed by atoms with van der Waals surface area (Å²) in [5.41, 5.74) is 4.72. The quantitative estimate of drug-likeness (QED) is 0.410. The summed E-state index contributed by atoms with van der Waals surface area (Å²) in [5.74, 6) is -2.89. The molecule has 1 aromatic carbocycles. The van der Waals surface area contributed by atoms with Gasteiger partial charge < -0.3 is 4.74 Å². The molecule has 1 heterocycles. The van der Waals surface area contributed by atoms with E-state index in [1.165, 1.54) is 6.92 Å². The number of amides is 4. The van der Waals surface area contributed by atoms with E-state index in [1.54, 1.807) is 30.3 Å². The minimum atomic E-state index is -1.10. The van der Waals surface area contributed by atoms with Gasteiger partial charge in [-0.1, -0.05) is 18.2 Å². The van der Waals surface area contributed by atoms with Crippen LogP contribution >= 0.6 is 0 Å². The van der Waals surface area contributed by atoms with Gasteiger partial charge in [0.2, 0.25) is 11.8 Å². The molecule has 2 N–H and O–H groups in total. The van der Waals surface area contributed by atoms with Crippen LogP contribution in [0.5, 0.6) is 0 Å². The van der Waals surface area contributed by atoms with Crippen molar-refractivity contribution in [2.24, 2.45) is 23.7 Å². The first-order chi connectivity index (χ1) is 14.4. The van der Waals surface area contributed by atoms with Gasteiger partial charge in [-0.05, 0) is 50.2 Å². The van der Waals surface area contributed by atoms with E-state index in [0.29, 0.717) is 5.56 Å². The van der Waals surface area contributed by atoms with Gasteiger partial charge in [-0.2, -0.15) is 0 Å². The molecule has 0 spiro atoms. The fraction of sp³-hybridized carbons (Fsp3) is 0.476. The lowest BCUT2D eigenvalue weighted by Crippen LogP contribution is -2.47. The first-order valence-electron chi connectivity index (χ1n) is 10.1. The van der Waals surface area contributed by atoms with Gasteiger partial charge in [0.25, 0.3) is 11.8 Å². The summed E-state index contributed by atoms with van der Waals surface area (Å²) in [4.78, 5) is 62.6. The number of nitrogens with one attached hydrogen (secondary N) is 2. The highest BCUT2D eigenvalue weighted by Gasteiger charge is 2.62. The van der Waals surface area contributed by atoms with Gasteiger partial charge in [0, 0.05) is 5.56 Å². The summed E-state index contributed by atoms with van der Waals surface area (Å²) in [6, 6.07) is 7.18. The zero-order valence-corrected chi connectivity index (χ0v) is 16.5. The zero-order chi connectivity index (χ0) is 21.4. The van der Waals surface area contributed by atoms with Crippen molar-refractivity contribution in [3.63, 3.8) is 0 Å². The topological polar surface area (TPSA) is 122 Å². The average molecular weight is 413 g/mol. The van der Waals surface area contributed by atoms with E-state index < -0.39 is 30.4 Å². The maximum Gasteiger partial charge on any atom is 0.329 e. The van der Waals surface area contributed by atoms with Gasteiger partial charge in [-0.25, -0.2) is 4.79 Å². The number of esters is 1. The molecule has 9 nitrogen and oxygen atoms in total. The standard InChI is InChI=1S/C21H23N3O6/c1-11(24-19(27)16-13-7-8-14(9-13)17(16)20(24)28)21(29)30-10-15(25)22-23-18(26)12-5-3-2-4-6-12/h2-6,11,13-14,16-17H,7-10H2,1H3,(H,22,25)(H,23,26)/t11-,13+,14+,16-,17+/m1/s1. The van der Waals surface area contributed by atoms with E-state index in [2.05, 4.69) is 10.9 Å². The molecule has 2 bridgehead atoms. The summed E-state index contributed by atoms with van der Waals surface area (Å²) < 4.78 is 4.96. The van der Waals surface area contributed by atoms with E-state index in [9.17, 15) is 24.0 Å². The maximum atomic E-state index is 12.8. The van der Waals surface area contributed by atoms with Crippen LogP contribution in [-0.4, -0.2) is 47.1 Å². The second-order valence-corrected chi connectivity index (χ2v) is 8.08. The zero-order valence-electron chi connectivity index (χ0n) is 16.5. The van der Waals surface area contributed by atoms with Crippen LogP contribution in [0.1, 0.15) is 36.5 Å². The number of likely N-dealkylation sites (tertiary alicyclic amines) is 1. The van der Waals surface area contributed by atoms with Gasteiger partial charge in [-0.3, -0.25) is 34.9 Å². The number of rotatable bonds is 5. The van der Waals surface area contributed by atoms with Gasteiger partial charge >= 0.3 is 5.97 Å². The largest absolute Gasteiger partial charge is 0.454 e. The van der Waals surface area contributed by atoms with E-state index in [1.807, 2.05) is 0 Å². The molecule has 1 aliphatic heterocycles. The number of carbonyl (C=O) groups is 5. The Morgan fingerprint density at radius 1 is 1.03 bits per heavy atom. The number of hydrogen-bond donors (Lipinski definition) is 2. The van der Waals surface area contributed by atoms with Crippen molar-refractivity contribution < 1.29 is 28.7 Å². The number of carbonyl (C=O) groups excluding carboxylic acids is 5. The van der Waals surface area contributed by atoms with Crippen LogP contribution in [0.25, 0.3) is 0 Å². The minimum absolute atomic E-state index is 0.226. The van der Waals surface area contributed by atoms with Crippen LogP contribution in [0.4, 0.5) is 0 Å².